The molecule has 0 saturated heterocycles. The van der Waals surface area contributed by atoms with Crippen molar-refractivity contribution in [3.8, 4) is 5.69 Å². The minimum Gasteiger partial charge on any atom is -0.234 e. The Bertz CT molecular complexity index is 629. The molecule has 1 aromatic carbocycles. The lowest BCUT2D eigenvalue weighted by atomic mass is 10.0. The molecule has 162 valence electrons. The molecule has 2 aromatic rings. The van der Waals surface area contributed by atoms with E-state index in [9.17, 15) is 0 Å². The van der Waals surface area contributed by atoms with E-state index in [0.717, 1.165) is 6.54 Å². The second-order valence-corrected chi connectivity index (χ2v) is 8.61. The van der Waals surface area contributed by atoms with Crippen LogP contribution in [-0.4, -0.2) is 4.57 Å². The van der Waals surface area contributed by atoms with Crippen molar-refractivity contribution in [2.45, 2.75) is 117 Å². The van der Waals surface area contributed by atoms with Gasteiger partial charge in [0.15, 0.2) is 0 Å². The molecule has 2 rings (SSSR count). The van der Waals surface area contributed by atoms with Crippen LogP contribution in [0.1, 0.15) is 110 Å². The Morgan fingerprint density at radius 2 is 1.21 bits per heavy atom. The second kappa shape index (κ2) is 15.3. The summed E-state index contributed by atoms with van der Waals surface area (Å²) in [4.78, 5) is 0. The first-order valence-corrected chi connectivity index (χ1v) is 12.5. The molecule has 2 nitrogen and oxygen atoms in total. The molecular formula is C27H45N2+. The van der Waals surface area contributed by atoms with Crippen molar-refractivity contribution in [1.29, 1.82) is 0 Å². The predicted molar refractivity (Wildman–Crippen MR) is 126 cm³/mol. The first-order valence-electron chi connectivity index (χ1n) is 12.5. The number of aryl methyl sites for hydroxylation is 1. The van der Waals surface area contributed by atoms with Crippen LogP contribution in [-0.2, 0) is 13.0 Å². The SMILES string of the molecule is CCCCCCCCCCCCCCCc1n(-c2ccccc2)cc[n+]1CCC. The molecule has 29 heavy (non-hydrogen) atoms. The molecule has 0 aliphatic carbocycles. The second-order valence-electron chi connectivity index (χ2n) is 8.61. The van der Waals surface area contributed by atoms with E-state index in [2.05, 4.69) is 65.7 Å². The van der Waals surface area contributed by atoms with Gasteiger partial charge in [0, 0.05) is 6.42 Å². The lowest BCUT2D eigenvalue weighted by molar-refractivity contribution is -0.703. The fourth-order valence-corrected chi connectivity index (χ4v) is 4.29. The number of unbranched alkanes of at least 4 members (excludes halogenated alkanes) is 12. The number of nitrogens with zero attached hydrogens (tertiary/aromatic N) is 2. The molecule has 0 spiro atoms. The number of rotatable bonds is 17. The van der Waals surface area contributed by atoms with Crippen LogP contribution in [0.5, 0.6) is 0 Å². The van der Waals surface area contributed by atoms with Crippen LogP contribution in [0, 0.1) is 0 Å². The average molecular weight is 398 g/mol. The Balaban J connectivity index is 1.61. The topological polar surface area (TPSA) is 8.81 Å². The molecule has 1 heterocycles. The summed E-state index contributed by atoms with van der Waals surface area (Å²) in [7, 11) is 0. The molecule has 0 aliphatic rings. The van der Waals surface area contributed by atoms with Crippen molar-refractivity contribution >= 4 is 0 Å². The van der Waals surface area contributed by atoms with Gasteiger partial charge in [0.1, 0.15) is 18.1 Å². The number of imidazole rings is 1. The summed E-state index contributed by atoms with van der Waals surface area (Å²) in [6.07, 6.45) is 25.3. The number of aromatic nitrogens is 2. The zero-order chi connectivity index (χ0) is 20.6. The summed E-state index contributed by atoms with van der Waals surface area (Å²) in [5.41, 5.74) is 1.28. The third kappa shape index (κ3) is 9.19. The summed E-state index contributed by atoms with van der Waals surface area (Å²) in [6.45, 7) is 5.68. The quantitative estimate of drug-likeness (QED) is 0.190. The molecule has 0 fully saturated rings. The minimum absolute atomic E-state index is 1.12. The number of hydrogen-bond donors (Lipinski definition) is 0. The minimum atomic E-state index is 1.12. The van der Waals surface area contributed by atoms with Gasteiger partial charge in [0.2, 0.25) is 0 Å². The van der Waals surface area contributed by atoms with Crippen LogP contribution in [0.25, 0.3) is 5.69 Å². The largest absolute Gasteiger partial charge is 0.261 e. The van der Waals surface area contributed by atoms with Crippen molar-refractivity contribution in [3.63, 3.8) is 0 Å². The van der Waals surface area contributed by atoms with Crippen molar-refractivity contribution in [2.24, 2.45) is 0 Å². The van der Waals surface area contributed by atoms with Crippen molar-refractivity contribution in [2.75, 3.05) is 0 Å². The van der Waals surface area contributed by atoms with Gasteiger partial charge in [0.05, 0.1) is 6.54 Å². The summed E-state index contributed by atoms with van der Waals surface area (Å²) < 4.78 is 4.84. The maximum atomic E-state index is 2.45. The summed E-state index contributed by atoms with van der Waals surface area (Å²) >= 11 is 0. The summed E-state index contributed by atoms with van der Waals surface area (Å²) in [5.74, 6) is 1.46. The van der Waals surface area contributed by atoms with E-state index in [4.69, 9.17) is 0 Å². The molecule has 0 N–H and O–H groups in total. The Morgan fingerprint density at radius 1 is 0.655 bits per heavy atom. The first-order chi connectivity index (χ1) is 14.4. The fourth-order valence-electron chi connectivity index (χ4n) is 4.29. The van der Waals surface area contributed by atoms with Crippen molar-refractivity contribution in [1.82, 2.24) is 4.57 Å². The van der Waals surface area contributed by atoms with Gasteiger partial charge in [0.25, 0.3) is 5.82 Å². The fraction of sp³-hybridized carbons (Fsp3) is 0.667. The van der Waals surface area contributed by atoms with E-state index < -0.39 is 0 Å². The van der Waals surface area contributed by atoms with E-state index in [0.29, 0.717) is 0 Å². The van der Waals surface area contributed by atoms with Crippen LogP contribution < -0.4 is 4.57 Å². The van der Waals surface area contributed by atoms with Gasteiger partial charge in [-0.15, -0.1) is 0 Å². The van der Waals surface area contributed by atoms with Crippen molar-refractivity contribution < 1.29 is 4.57 Å². The molecule has 0 saturated carbocycles. The maximum absolute atomic E-state index is 2.45. The van der Waals surface area contributed by atoms with Gasteiger partial charge in [-0.1, -0.05) is 109 Å². The summed E-state index contributed by atoms with van der Waals surface area (Å²) in [5, 5.41) is 0. The average Bonchev–Trinajstić information content (AvgIpc) is 3.15. The zero-order valence-corrected chi connectivity index (χ0v) is 19.2. The Kier molecular flexibility index (Phi) is 12.5. The number of hydrogen-bond acceptors (Lipinski definition) is 0. The molecule has 0 atom stereocenters. The highest BCUT2D eigenvalue weighted by Gasteiger charge is 2.17. The van der Waals surface area contributed by atoms with E-state index in [1.165, 1.54) is 108 Å². The van der Waals surface area contributed by atoms with Crippen LogP contribution in [0.4, 0.5) is 0 Å². The molecule has 0 unspecified atom stereocenters. The zero-order valence-electron chi connectivity index (χ0n) is 19.2. The molecule has 2 heteroatoms. The van der Waals surface area contributed by atoms with Gasteiger partial charge in [-0.3, -0.25) is 0 Å². The Labute approximate surface area is 180 Å². The number of benzene rings is 1. The highest BCUT2D eigenvalue weighted by Crippen LogP contribution is 2.15. The maximum Gasteiger partial charge on any atom is 0.261 e. The lowest BCUT2D eigenvalue weighted by Gasteiger charge is -2.05. The van der Waals surface area contributed by atoms with Crippen LogP contribution in [0.2, 0.25) is 0 Å². The van der Waals surface area contributed by atoms with Crippen LogP contribution in [0.15, 0.2) is 42.7 Å². The van der Waals surface area contributed by atoms with Crippen LogP contribution >= 0.6 is 0 Å². The molecular weight excluding hydrogens is 352 g/mol. The van der Waals surface area contributed by atoms with Gasteiger partial charge in [-0.05, 0) is 25.0 Å². The van der Waals surface area contributed by atoms with Crippen molar-refractivity contribution in [3.05, 3.63) is 48.5 Å². The normalized spacial score (nSPS) is 11.2. The first kappa shape index (κ1) is 23.7. The Hall–Kier alpha value is -1.57. The molecule has 1 aromatic heterocycles. The van der Waals surface area contributed by atoms with Gasteiger partial charge in [-0.2, -0.15) is 4.57 Å². The third-order valence-corrected chi connectivity index (χ3v) is 6.01. The molecule has 0 amide bonds. The van der Waals surface area contributed by atoms with Gasteiger partial charge >= 0.3 is 0 Å². The van der Waals surface area contributed by atoms with Crippen LogP contribution in [0.3, 0.4) is 0 Å². The van der Waals surface area contributed by atoms with E-state index in [1.807, 2.05) is 0 Å². The van der Waals surface area contributed by atoms with Gasteiger partial charge in [-0.25, -0.2) is 4.57 Å². The number of para-hydroxylation sites is 1. The van der Waals surface area contributed by atoms with E-state index in [1.54, 1.807) is 0 Å². The van der Waals surface area contributed by atoms with E-state index >= 15 is 0 Å². The lowest BCUT2D eigenvalue weighted by Crippen LogP contribution is -2.36. The molecule has 0 radical (unpaired) electrons. The summed E-state index contributed by atoms with van der Waals surface area (Å²) in [6, 6.07) is 10.8. The molecule has 0 aliphatic heterocycles. The smallest absolute Gasteiger partial charge is 0.234 e. The predicted octanol–water partition coefficient (Wildman–Crippen LogP) is 7.81. The third-order valence-electron chi connectivity index (χ3n) is 6.01. The highest BCUT2D eigenvalue weighted by molar-refractivity contribution is 5.31. The molecule has 0 bridgehead atoms. The monoisotopic (exact) mass is 397 g/mol. The van der Waals surface area contributed by atoms with Gasteiger partial charge < -0.3 is 0 Å². The Morgan fingerprint density at radius 3 is 1.76 bits per heavy atom. The highest BCUT2D eigenvalue weighted by atomic mass is 15.1. The van der Waals surface area contributed by atoms with E-state index in [-0.39, 0.29) is 0 Å². The standard InChI is InChI=1S/C27H45N2/c1-3-5-6-7-8-9-10-11-12-13-14-15-19-22-27-28(23-4-2)24-25-29(27)26-20-17-16-18-21-26/h16-18,20-21,24-25H,3-15,19,22-23H2,1-2H3/q+1.